The summed E-state index contributed by atoms with van der Waals surface area (Å²) < 4.78 is 0. The van der Waals surface area contributed by atoms with Gasteiger partial charge in [-0.15, -0.1) is 0 Å². The van der Waals surface area contributed by atoms with E-state index in [-0.39, 0.29) is 17.6 Å². The summed E-state index contributed by atoms with van der Waals surface area (Å²) in [6, 6.07) is 11.6. The van der Waals surface area contributed by atoms with Crippen molar-refractivity contribution in [1.29, 1.82) is 0 Å². The van der Waals surface area contributed by atoms with Crippen LogP contribution in [-0.4, -0.2) is 47.4 Å². The van der Waals surface area contributed by atoms with Crippen molar-refractivity contribution in [2.75, 3.05) is 19.6 Å². The molecule has 2 aromatic rings. The van der Waals surface area contributed by atoms with E-state index in [0.29, 0.717) is 31.0 Å². The first-order chi connectivity index (χ1) is 15.6. The van der Waals surface area contributed by atoms with Crippen molar-refractivity contribution in [1.82, 2.24) is 15.2 Å². The number of piperidine rings is 1. The number of carbonyl (C=O) groups excluding carboxylic acids is 2. The molecule has 0 radical (unpaired) electrons. The summed E-state index contributed by atoms with van der Waals surface area (Å²) in [6.07, 6.45) is 7.55. The zero-order chi connectivity index (χ0) is 22.3. The third kappa shape index (κ3) is 5.69. The summed E-state index contributed by atoms with van der Waals surface area (Å²) in [5.41, 5.74) is 3.56. The molecule has 0 aliphatic carbocycles. The van der Waals surface area contributed by atoms with E-state index in [9.17, 15) is 9.59 Å². The average Bonchev–Trinajstić information content (AvgIpc) is 2.83. The molecule has 32 heavy (non-hydrogen) atoms. The molecule has 6 nitrogen and oxygen atoms in total. The maximum Gasteiger partial charge on any atom is 0.226 e. The lowest BCUT2D eigenvalue weighted by Gasteiger charge is -2.30. The van der Waals surface area contributed by atoms with E-state index in [2.05, 4.69) is 15.3 Å². The zero-order valence-electron chi connectivity index (χ0n) is 18.0. The van der Waals surface area contributed by atoms with Crippen LogP contribution in [0.1, 0.15) is 31.4 Å². The van der Waals surface area contributed by atoms with Crippen LogP contribution in [-0.2, 0) is 16.1 Å². The standard InChI is InChI=1S/C25H27ClN4O2/c26-20-5-3-18(4-6-20)23-2-1-11-29-24(23)17-30(25(32)19-7-12-27-13-8-19)15-10-21-16-22(31)9-14-28-21/h1-6,11,14,16,19,27H,7-10,12-13,15,17H2. The first-order valence-corrected chi connectivity index (χ1v) is 11.4. The molecule has 3 heterocycles. The van der Waals surface area contributed by atoms with Crippen LogP contribution < -0.4 is 5.32 Å². The van der Waals surface area contributed by atoms with Crippen LogP contribution in [0.3, 0.4) is 0 Å². The highest BCUT2D eigenvalue weighted by Gasteiger charge is 2.27. The fourth-order valence-electron chi connectivity index (χ4n) is 4.15. The average molecular weight is 451 g/mol. The van der Waals surface area contributed by atoms with E-state index in [4.69, 9.17) is 11.6 Å². The van der Waals surface area contributed by atoms with Crippen molar-refractivity contribution < 1.29 is 9.59 Å². The molecule has 0 bridgehead atoms. The predicted octanol–water partition coefficient (Wildman–Crippen LogP) is 4.05. The Kier molecular flexibility index (Phi) is 7.45. The highest BCUT2D eigenvalue weighted by Crippen LogP contribution is 2.26. The molecule has 2 aliphatic heterocycles. The monoisotopic (exact) mass is 450 g/mol. The van der Waals surface area contributed by atoms with Gasteiger partial charge in [0.15, 0.2) is 5.78 Å². The van der Waals surface area contributed by atoms with Crippen molar-refractivity contribution in [2.45, 2.75) is 32.2 Å². The summed E-state index contributed by atoms with van der Waals surface area (Å²) in [5, 5.41) is 4.00. The molecule has 0 saturated carbocycles. The molecule has 1 N–H and O–H groups in total. The van der Waals surface area contributed by atoms with Gasteiger partial charge in [0.1, 0.15) is 0 Å². The highest BCUT2D eigenvalue weighted by atomic mass is 35.5. The predicted molar refractivity (Wildman–Crippen MR) is 127 cm³/mol. The van der Waals surface area contributed by atoms with Gasteiger partial charge in [0.05, 0.1) is 12.2 Å². The number of ketones is 1. The number of nitrogens with zero attached hydrogens (tertiary/aromatic N) is 3. The molecule has 0 atom stereocenters. The fourth-order valence-corrected chi connectivity index (χ4v) is 4.28. The Morgan fingerprint density at radius 3 is 2.69 bits per heavy atom. The molecule has 7 heteroatoms. The van der Waals surface area contributed by atoms with Gasteiger partial charge in [0.25, 0.3) is 0 Å². The minimum Gasteiger partial charge on any atom is -0.336 e. The quantitative estimate of drug-likeness (QED) is 0.690. The van der Waals surface area contributed by atoms with E-state index in [1.807, 2.05) is 41.3 Å². The van der Waals surface area contributed by atoms with Gasteiger partial charge in [0.2, 0.25) is 5.91 Å². The third-order valence-electron chi connectivity index (χ3n) is 5.90. The van der Waals surface area contributed by atoms with Crippen LogP contribution in [0.25, 0.3) is 11.1 Å². The normalized spacial score (nSPS) is 16.7. The second-order valence-corrected chi connectivity index (χ2v) is 8.59. The summed E-state index contributed by atoms with van der Waals surface area (Å²) in [5.74, 6) is 0.205. The maximum atomic E-state index is 13.5. The van der Waals surface area contributed by atoms with Gasteiger partial charge >= 0.3 is 0 Å². The third-order valence-corrected chi connectivity index (χ3v) is 6.15. The molecule has 166 valence electrons. The molecule has 1 saturated heterocycles. The Morgan fingerprint density at radius 1 is 1.16 bits per heavy atom. The van der Waals surface area contributed by atoms with Gasteiger partial charge in [0, 0.05) is 60.1 Å². The Morgan fingerprint density at radius 2 is 1.94 bits per heavy atom. The lowest BCUT2D eigenvalue weighted by Crippen LogP contribution is -2.41. The number of halogens is 1. The molecule has 0 unspecified atom stereocenters. The molecule has 1 aromatic heterocycles. The number of aromatic nitrogens is 1. The molecule has 4 rings (SSSR count). The highest BCUT2D eigenvalue weighted by molar-refractivity contribution is 6.30. The van der Waals surface area contributed by atoms with Crippen LogP contribution in [0.2, 0.25) is 5.02 Å². The molecular formula is C25H27ClN4O2. The van der Waals surface area contributed by atoms with Crippen molar-refractivity contribution in [3.63, 3.8) is 0 Å². The van der Waals surface area contributed by atoms with Crippen LogP contribution >= 0.6 is 11.6 Å². The summed E-state index contributed by atoms with van der Waals surface area (Å²) >= 11 is 6.06. The van der Waals surface area contributed by atoms with Crippen molar-refractivity contribution in [3.05, 3.63) is 65.1 Å². The Labute approximate surface area is 193 Å². The van der Waals surface area contributed by atoms with Gasteiger partial charge in [-0.2, -0.15) is 0 Å². The minimum atomic E-state index is 0.00409. The molecule has 0 spiro atoms. The molecular weight excluding hydrogens is 424 g/mol. The maximum absolute atomic E-state index is 13.5. The number of carbonyl (C=O) groups is 2. The first kappa shape index (κ1) is 22.4. The van der Waals surface area contributed by atoms with Crippen molar-refractivity contribution in [2.24, 2.45) is 10.9 Å². The molecule has 2 aliphatic rings. The van der Waals surface area contributed by atoms with Gasteiger partial charge in [-0.1, -0.05) is 29.8 Å². The number of nitrogens with one attached hydrogen (secondary N) is 1. The number of amides is 1. The molecule has 1 fully saturated rings. The molecule has 1 aromatic carbocycles. The van der Waals surface area contributed by atoms with Crippen LogP contribution in [0, 0.1) is 5.92 Å². The summed E-state index contributed by atoms with van der Waals surface area (Å²) in [4.78, 5) is 36.0. The van der Waals surface area contributed by atoms with E-state index >= 15 is 0 Å². The first-order valence-electron chi connectivity index (χ1n) is 11.1. The second-order valence-electron chi connectivity index (χ2n) is 8.16. The number of aliphatic imine (C=N–C) groups is 1. The Hall–Kier alpha value is -2.83. The summed E-state index contributed by atoms with van der Waals surface area (Å²) in [7, 11) is 0. The van der Waals surface area contributed by atoms with Gasteiger partial charge < -0.3 is 10.2 Å². The lowest BCUT2D eigenvalue weighted by molar-refractivity contribution is -0.137. The van der Waals surface area contributed by atoms with E-state index in [0.717, 1.165) is 48.4 Å². The van der Waals surface area contributed by atoms with Gasteiger partial charge in [-0.25, -0.2) is 0 Å². The van der Waals surface area contributed by atoms with Gasteiger partial charge in [-0.05, 0) is 49.7 Å². The van der Waals surface area contributed by atoms with E-state index in [1.165, 1.54) is 0 Å². The van der Waals surface area contributed by atoms with Crippen molar-refractivity contribution in [3.8, 4) is 11.1 Å². The minimum absolute atomic E-state index is 0.00409. The topological polar surface area (TPSA) is 74.7 Å². The number of pyridine rings is 1. The number of hydrogen-bond donors (Lipinski definition) is 1. The van der Waals surface area contributed by atoms with E-state index < -0.39 is 0 Å². The van der Waals surface area contributed by atoms with Crippen LogP contribution in [0.15, 0.2) is 59.4 Å². The fraction of sp³-hybridized carbons (Fsp3) is 0.360. The lowest BCUT2D eigenvalue weighted by atomic mass is 9.96. The summed E-state index contributed by atoms with van der Waals surface area (Å²) in [6.45, 7) is 2.62. The van der Waals surface area contributed by atoms with Crippen LogP contribution in [0.5, 0.6) is 0 Å². The zero-order valence-corrected chi connectivity index (χ0v) is 18.7. The number of hydrogen-bond acceptors (Lipinski definition) is 5. The Bertz CT molecular complexity index is 1030. The number of rotatable bonds is 7. The Balaban J connectivity index is 1.57. The van der Waals surface area contributed by atoms with E-state index in [1.54, 1.807) is 18.5 Å². The molecule has 1 amide bonds. The van der Waals surface area contributed by atoms with Gasteiger partial charge in [-0.3, -0.25) is 19.6 Å². The smallest absolute Gasteiger partial charge is 0.226 e. The van der Waals surface area contributed by atoms with Crippen LogP contribution in [0.4, 0.5) is 0 Å². The SMILES string of the molecule is O=C1C=C(CCN(Cc2ncccc2-c2ccc(Cl)cc2)C(=O)C2CCNCC2)N=CC1. The second kappa shape index (κ2) is 10.7. The largest absolute Gasteiger partial charge is 0.336 e. The number of benzene rings is 1. The van der Waals surface area contributed by atoms with Crippen molar-refractivity contribution >= 4 is 29.5 Å². The number of allylic oxidation sites excluding steroid dienone is 1.